The Morgan fingerprint density at radius 2 is 1.07 bits per heavy atom. The molecule has 1 aromatic carbocycles. The zero-order chi connectivity index (χ0) is 21.0. The molecule has 0 N–H and O–H groups in total. The second-order valence-corrected chi connectivity index (χ2v) is 11.0. The van der Waals surface area contributed by atoms with Crippen LogP contribution in [0.5, 0.6) is 0 Å². The quantitative estimate of drug-likeness (QED) is 0.118. The summed E-state index contributed by atoms with van der Waals surface area (Å²) in [6.07, 6.45) is 24.9. The highest BCUT2D eigenvalue weighted by Gasteiger charge is 2.17. The van der Waals surface area contributed by atoms with Crippen molar-refractivity contribution in [3.05, 3.63) is 35.9 Å². The summed E-state index contributed by atoms with van der Waals surface area (Å²) in [6, 6.07) is 9.76. The van der Waals surface area contributed by atoms with Crippen molar-refractivity contribution >= 4 is 16.7 Å². The fourth-order valence-corrected chi connectivity index (χ4v) is 5.36. The van der Waals surface area contributed by atoms with Gasteiger partial charge in [0.2, 0.25) is 5.78 Å². The second kappa shape index (κ2) is 19.2. The molecule has 0 bridgehead atoms. The molecular formula is C27H47OS+. The Hall–Kier alpha value is -0.760. The van der Waals surface area contributed by atoms with Gasteiger partial charge < -0.3 is 0 Å². The molecule has 29 heavy (non-hydrogen) atoms. The summed E-state index contributed by atoms with van der Waals surface area (Å²) >= 11 is 0. The van der Waals surface area contributed by atoms with Crippen LogP contribution >= 0.6 is 0 Å². The highest BCUT2D eigenvalue weighted by Crippen LogP contribution is 2.14. The van der Waals surface area contributed by atoms with Crippen molar-refractivity contribution < 1.29 is 4.79 Å². The molecule has 0 aliphatic heterocycles. The number of carbonyl (C=O) groups is 1. The average molecular weight is 420 g/mol. The molecule has 2 heteroatoms. The molecule has 0 aromatic heterocycles. The summed E-state index contributed by atoms with van der Waals surface area (Å²) in [5.74, 6) is 2.26. The van der Waals surface area contributed by atoms with Crippen LogP contribution in [0.15, 0.2) is 30.3 Å². The number of ketones is 1. The van der Waals surface area contributed by atoms with Crippen molar-refractivity contribution in [2.24, 2.45) is 0 Å². The van der Waals surface area contributed by atoms with Gasteiger partial charge in [0.1, 0.15) is 5.75 Å². The second-order valence-electron chi connectivity index (χ2n) is 8.72. The van der Waals surface area contributed by atoms with Gasteiger partial charge in [0, 0.05) is 5.56 Å². The van der Waals surface area contributed by atoms with Gasteiger partial charge in [-0.15, -0.1) is 0 Å². The van der Waals surface area contributed by atoms with Crippen molar-refractivity contribution in [3.8, 4) is 0 Å². The van der Waals surface area contributed by atoms with Crippen LogP contribution in [0.3, 0.4) is 0 Å². The van der Waals surface area contributed by atoms with Crippen LogP contribution in [0, 0.1) is 0 Å². The third-order valence-corrected chi connectivity index (χ3v) is 7.56. The zero-order valence-electron chi connectivity index (χ0n) is 19.4. The molecule has 0 fully saturated rings. The average Bonchev–Trinajstić information content (AvgIpc) is 2.74. The van der Waals surface area contributed by atoms with E-state index in [1.54, 1.807) is 0 Å². The smallest absolute Gasteiger partial charge is 0.211 e. The molecule has 0 aliphatic rings. The van der Waals surface area contributed by atoms with Gasteiger partial charge in [0.25, 0.3) is 0 Å². The number of hydrogen-bond acceptors (Lipinski definition) is 1. The van der Waals surface area contributed by atoms with Crippen LogP contribution < -0.4 is 0 Å². The van der Waals surface area contributed by atoms with Gasteiger partial charge in [-0.05, 0) is 23.7 Å². The van der Waals surface area contributed by atoms with Crippen LogP contribution in [0.25, 0.3) is 0 Å². The fraction of sp³-hybridized carbons (Fsp3) is 0.741. The maximum atomic E-state index is 12.2. The molecule has 1 atom stereocenters. The number of unbranched alkanes of at least 4 members (excludes halogenated alkanes) is 15. The number of hydrogen-bond donors (Lipinski definition) is 0. The first kappa shape index (κ1) is 26.3. The van der Waals surface area contributed by atoms with Gasteiger partial charge in [-0.3, -0.25) is 4.79 Å². The molecule has 0 amide bonds. The Labute approximate surface area is 184 Å². The molecule has 1 nitrogen and oxygen atoms in total. The Morgan fingerprint density at radius 3 is 1.52 bits per heavy atom. The van der Waals surface area contributed by atoms with E-state index in [4.69, 9.17) is 0 Å². The van der Waals surface area contributed by atoms with Crippen LogP contribution in [-0.4, -0.2) is 23.5 Å². The third-order valence-electron chi connectivity index (χ3n) is 5.82. The van der Waals surface area contributed by atoms with E-state index in [-0.39, 0.29) is 10.9 Å². The molecule has 0 saturated heterocycles. The molecule has 1 aromatic rings. The Bertz CT molecular complexity index is 485. The summed E-state index contributed by atoms with van der Waals surface area (Å²) in [6.45, 7) is 2.29. The highest BCUT2D eigenvalue weighted by molar-refractivity contribution is 7.96. The first-order chi connectivity index (χ1) is 14.2. The van der Waals surface area contributed by atoms with E-state index in [0.29, 0.717) is 5.78 Å². The van der Waals surface area contributed by atoms with Crippen molar-refractivity contribution in [1.82, 2.24) is 0 Å². The predicted octanol–water partition coefficient (Wildman–Crippen LogP) is 8.38. The van der Waals surface area contributed by atoms with Crippen LogP contribution in [0.4, 0.5) is 0 Å². The van der Waals surface area contributed by atoms with E-state index >= 15 is 0 Å². The number of carbonyl (C=O) groups excluding carboxylic acids is 1. The lowest BCUT2D eigenvalue weighted by atomic mass is 10.0. The molecule has 0 aliphatic carbocycles. The maximum Gasteiger partial charge on any atom is 0.211 e. The predicted molar refractivity (Wildman–Crippen MR) is 133 cm³/mol. The SMILES string of the molecule is CCCCCCCCCCCCCCCCCC[S+](C)CC(=O)c1ccccc1. The molecule has 166 valence electrons. The maximum absolute atomic E-state index is 12.2. The van der Waals surface area contributed by atoms with Gasteiger partial charge in [-0.2, -0.15) is 0 Å². The number of rotatable bonds is 20. The number of benzene rings is 1. The van der Waals surface area contributed by atoms with Crippen LogP contribution in [-0.2, 0) is 10.9 Å². The standard InChI is InChI=1S/C27H47OS/c1-3-4-5-6-7-8-9-10-11-12-13-14-15-16-17-21-24-29(2)25-27(28)26-22-19-18-20-23-26/h18-20,22-23H,3-17,21,24-25H2,1-2H3/q+1. The summed E-state index contributed by atoms with van der Waals surface area (Å²) in [4.78, 5) is 12.2. The molecule has 0 heterocycles. The van der Waals surface area contributed by atoms with Crippen molar-refractivity contribution in [2.45, 2.75) is 110 Å². The Balaban J connectivity index is 1.81. The van der Waals surface area contributed by atoms with E-state index in [1.165, 1.54) is 108 Å². The van der Waals surface area contributed by atoms with Crippen LogP contribution in [0.1, 0.15) is 120 Å². The third kappa shape index (κ3) is 15.7. The largest absolute Gasteiger partial charge is 0.289 e. The van der Waals surface area contributed by atoms with E-state index in [1.807, 2.05) is 30.3 Å². The Kier molecular flexibility index (Phi) is 17.4. The van der Waals surface area contributed by atoms with E-state index in [0.717, 1.165) is 11.3 Å². The molecular weight excluding hydrogens is 372 g/mol. The molecule has 1 rings (SSSR count). The molecule has 0 saturated carbocycles. The van der Waals surface area contributed by atoms with E-state index < -0.39 is 0 Å². The first-order valence-electron chi connectivity index (χ1n) is 12.4. The molecule has 1 unspecified atom stereocenters. The van der Waals surface area contributed by atoms with Crippen molar-refractivity contribution in [1.29, 1.82) is 0 Å². The lowest BCUT2D eigenvalue weighted by molar-refractivity contribution is 0.102. The van der Waals surface area contributed by atoms with Gasteiger partial charge in [0.05, 0.1) is 6.26 Å². The highest BCUT2D eigenvalue weighted by atomic mass is 32.2. The lowest BCUT2D eigenvalue weighted by Crippen LogP contribution is -2.18. The van der Waals surface area contributed by atoms with Gasteiger partial charge >= 0.3 is 0 Å². The van der Waals surface area contributed by atoms with Gasteiger partial charge in [0.15, 0.2) is 5.75 Å². The van der Waals surface area contributed by atoms with Crippen LogP contribution in [0.2, 0.25) is 0 Å². The van der Waals surface area contributed by atoms with Gasteiger partial charge in [-0.1, -0.05) is 127 Å². The van der Waals surface area contributed by atoms with Crippen molar-refractivity contribution in [3.63, 3.8) is 0 Å². The minimum absolute atomic E-state index is 0.232. The summed E-state index contributed by atoms with van der Waals surface area (Å²) in [5, 5.41) is 0. The summed E-state index contributed by atoms with van der Waals surface area (Å²) < 4.78 is 0. The molecule has 0 spiro atoms. The monoisotopic (exact) mass is 419 g/mol. The molecule has 0 radical (unpaired) electrons. The van der Waals surface area contributed by atoms with Gasteiger partial charge in [-0.25, -0.2) is 0 Å². The fourth-order valence-electron chi connectivity index (χ4n) is 3.90. The number of Topliss-reactive ketones (excluding diaryl/α,β-unsaturated/α-hetero) is 1. The van der Waals surface area contributed by atoms with Crippen molar-refractivity contribution in [2.75, 3.05) is 17.8 Å². The zero-order valence-corrected chi connectivity index (χ0v) is 20.2. The lowest BCUT2D eigenvalue weighted by Gasteiger charge is -2.05. The van der Waals surface area contributed by atoms with E-state index in [2.05, 4.69) is 13.2 Å². The van der Waals surface area contributed by atoms with E-state index in [9.17, 15) is 4.79 Å². The Morgan fingerprint density at radius 1 is 0.655 bits per heavy atom. The summed E-state index contributed by atoms with van der Waals surface area (Å²) in [7, 11) is 0.232. The minimum Gasteiger partial charge on any atom is -0.289 e. The normalized spacial score (nSPS) is 12.2. The topological polar surface area (TPSA) is 17.1 Å². The first-order valence-corrected chi connectivity index (χ1v) is 14.4. The minimum atomic E-state index is 0.232. The summed E-state index contributed by atoms with van der Waals surface area (Å²) in [5.41, 5.74) is 0.874.